The summed E-state index contributed by atoms with van der Waals surface area (Å²) >= 11 is 0. The summed E-state index contributed by atoms with van der Waals surface area (Å²) in [5.74, 6) is -0.0987. The van der Waals surface area contributed by atoms with E-state index in [9.17, 15) is 14.0 Å². The number of aromatic nitrogens is 4. The van der Waals surface area contributed by atoms with Crippen molar-refractivity contribution in [1.29, 1.82) is 0 Å². The first-order valence-electron chi connectivity index (χ1n) is 13.6. The van der Waals surface area contributed by atoms with Gasteiger partial charge in [-0.25, -0.2) is 18.7 Å². The van der Waals surface area contributed by atoms with Gasteiger partial charge in [-0.15, -0.1) is 5.10 Å². The summed E-state index contributed by atoms with van der Waals surface area (Å²) in [7, 11) is 1.83. The molecule has 3 heterocycles. The number of anilines is 3. The van der Waals surface area contributed by atoms with Crippen molar-refractivity contribution < 1.29 is 14.0 Å². The summed E-state index contributed by atoms with van der Waals surface area (Å²) in [6, 6.07) is 4.00. The Hall–Kier alpha value is -3.96. The number of urea groups is 1. The number of imidazole rings is 1. The molecule has 3 aromatic rings. The summed E-state index contributed by atoms with van der Waals surface area (Å²) in [5, 5.41) is 17.4. The number of rotatable bonds is 9. The zero-order valence-corrected chi connectivity index (χ0v) is 22.6. The van der Waals surface area contributed by atoms with Crippen LogP contribution in [-0.2, 0) is 0 Å². The maximum atomic E-state index is 14.1. The maximum absolute atomic E-state index is 14.1. The average Bonchev–Trinajstić information content (AvgIpc) is 3.61. The molecule has 4 N–H and O–H groups in total. The fourth-order valence-electron chi connectivity index (χ4n) is 4.92. The van der Waals surface area contributed by atoms with Crippen molar-refractivity contribution in [3.05, 3.63) is 42.2 Å². The summed E-state index contributed by atoms with van der Waals surface area (Å²) < 4.78 is 15.6. The van der Waals surface area contributed by atoms with Crippen LogP contribution in [0.25, 0.3) is 5.65 Å². The van der Waals surface area contributed by atoms with Crippen molar-refractivity contribution in [3.63, 3.8) is 0 Å². The number of pyridine rings is 1. The predicted molar refractivity (Wildman–Crippen MR) is 147 cm³/mol. The molecule has 0 atom stereocenters. The van der Waals surface area contributed by atoms with Crippen molar-refractivity contribution >= 4 is 34.8 Å². The van der Waals surface area contributed by atoms with Crippen LogP contribution in [0.5, 0.6) is 0 Å². The van der Waals surface area contributed by atoms with Gasteiger partial charge in [0.15, 0.2) is 17.2 Å². The highest BCUT2D eigenvalue weighted by molar-refractivity contribution is 6.03. The first-order chi connectivity index (χ1) is 18.8. The normalized spacial score (nSPS) is 19.1. The molecular formula is C27H36FN9O2. The maximum Gasteiger partial charge on any atom is 0.317 e. The molecule has 5 rings (SSSR count). The minimum absolute atomic E-state index is 0.0272. The van der Waals surface area contributed by atoms with Gasteiger partial charge in [-0.05, 0) is 50.5 Å². The molecule has 3 amide bonds. The van der Waals surface area contributed by atoms with E-state index in [1.54, 1.807) is 4.90 Å². The van der Waals surface area contributed by atoms with E-state index in [1.165, 1.54) is 23.0 Å². The number of nitrogens with zero attached hydrogens (tertiary/aromatic N) is 5. The largest absolute Gasteiger partial charge is 0.379 e. The molecular weight excluding hydrogens is 501 g/mol. The first kappa shape index (κ1) is 26.6. The molecule has 2 fully saturated rings. The fourth-order valence-corrected chi connectivity index (χ4v) is 4.92. The minimum atomic E-state index is -0.621. The van der Waals surface area contributed by atoms with Crippen molar-refractivity contribution in [3.8, 4) is 0 Å². The van der Waals surface area contributed by atoms with Crippen LogP contribution in [-0.4, -0.2) is 68.1 Å². The van der Waals surface area contributed by atoms with E-state index in [1.807, 2.05) is 13.1 Å². The van der Waals surface area contributed by atoms with Gasteiger partial charge in [-0.3, -0.25) is 9.78 Å². The zero-order chi connectivity index (χ0) is 27.5. The van der Waals surface area contributed by atoms with Crippen LogP contribution in [0.2, 0.25) is 0 Å². The Bertz CT molecular complexity index is 1330. The highest BCUT2D eigenvalue weighted by Gasteiger charge is 2.27. The van der Waals surface area contributed by atoms with Gasteiger partial charge in [0, 0.05) is 44.0 Å². The van der Waals surface area contributed by atoms with E-state index in [0.29, 0.717) is 23.4 Å². The third-order valence-corrected chi connectivity index (χ3v) is 7.05. The molecule has 0 bridgehead atoms. The molecule has 0 aromatic carbocycles. The van der Waals surface area contributed by atoms with Crippen LogP contribution in [0.4, 0.5) is 26.4 Å². The lowest BCUT2D eigenvalue weighted by Gasteiger charge is -2.31. The molecule has 2 aliphatic rings. The van der Waals surface area contributed by atoms with Gasteiger partial charge in [-0.2, -0.15) is 0 Å². The number of fused-ring (bicyclic) bond motifs is 1. The standard InChI is InChI=1S/C27H36FN9O2/c1-16(2)15-36(3)27(39)33-19-8-6-18(7-9-19)32-24-12-22(31-17-4-5-17)25-30-14-23(37(25)35-24)26(38)34-21-10-11-29-13-20(21)28/h10-14,16-19,31H,4-9,15H2,1-3H3,(H,32,35)(H,33,39)(H,29,34,38)/t18-,19-. The zero-order valence-electron chi connectivity index (χ0n) is 22.6. The van der Waals surface area contributed by atoms with Gasteiger partial charge in [0.05, 0.1) is 23.8 Å². The van der Waals surface area contributed by atoms with E-state index in [-0.39, 0.29) is 29.5 Å². The molecule has 12 heteroatoms. The third-order valence-electron chi connectivity index (χ3n) is 7.05. The summed E-state index contributed by atoms with van der Waals surface area (Å²) in [5.41, 5.74) is 1.55. The second-order valence-corrected chi connectivity index (χ2v) is 11.0. The average molecular weight is 538 g/mol. The fraction of sp³-hybridized carbons (Fsp3) is 0.519. The van der Waals surface area contributed by atoms with Crippen LogP contribution in [0.1, 0.15) is 62.9 Å². The lowest BCUT2D eigenvalue weighted by atomic mass is 9.91. The number of carbonyl (C=O) groups excluding carboxylic acids is 2. The Morgan fingerprint density at radius 1 is 1.05 bits per heavy atom. The summed E-state index contributed by atoms with van der Waals surface area (Å²) in [4.78, 5) is 35.4. The van der Waals surface area contributed by atoms with Gasteiger partial charge >= 0.3 is 6.03 Å². The van der Waals surface area contributed by atoms with Gasteiger partial charge in [0.1, 0.15) is 5.82 Å². The van der Waals surface area contributed by atoms with E-state index in [4.69, 9.17) is 0 Å². The Morgan fingerprint density at radius 2 is 1.74 bits per heavy atom. The van der Waals surface area contributed by atoms with Crippen molar-refractivity contribution in [2.45, 2.75) is 70.5 Å². The van der Waals surface area contributed by atoms with Crippen LogP contribution in [0.15, 0.2) is 30.7 Å². The van der Waals surface area contributed by atoms with Gasteiger partial charge in [0.2, 0.25) is 0 Å². The van der Waals surface area contributed by atoms with E-state index in [0.717, 1.165) is 57.0 Å². The van der Waals surface area contributed by atoms with Crippen LogP contribution in [0, 0.1) is 11.7 Å². The molecule has 0 spiro atoms. The van der Waals surface area contributed by atoms with Gasteiger partial charge < -0.3 is 26.2 Å². The number of hydrogen-bond acceptors (Lipinski definition) is 7. The highest BCUT2D eigenvalue weighted by Crippen LogP contribution is 2.30. The Kier molecular flexibility index (Phi) is 7.80. The summed E-state index contributed by atoms with van der Waals surface area (Å²) in [6.07, 6.45) is 9.55. The monoisotopic (exact) mass is 537 g/mol. The van der Waals surface area contributed by atoms with Crippen molar-refractivity contribution in [1.82, 2.24) is 29.8 Å². The van der Waals surface area contributed by atoms with Crippen LogP contribution < -0.4 is 21.3 Å². The second-order valence-electron chi connectivity index (χ2n) is 11.0. The predicted octanol–water partition coefficient (Wildman–Crippen LogP) is 4.11. The molecule has 0 unspecified atom stereocenters. The SMILES string of the molecule is CC(C)CN(C)C(=O)N[C@H]1CC[C@H](Nc2cc(NC3CC3)c3ncc(C(=O)Nc4ccncc4F)n3n2)CC1. The number of hydrogen-bond donors (Lipinski definition) is 4. The molecule has 0 aliphatic heterocycles. The number of amides is 3. The molecule has 2 saturated carbocycles. The topological polar surface area (TPSA) is 129 Å². The lowest BCUT2D eigenvalue weighted by Crippen LogP contribution is -2.46. The van der Waals surface area contributed by atoms with E-state index >= 15 is 0 Å². The molecule has 3 aromatic heterocycles. The molecule has 2 aliphatic carbocycles. The van der Waals surface area contributed by atoms with Crippen molar-refractivity contribution in [2.75, 3.05) is 29.5 Å². The smallest absolute Gasteiger partial charge is 0.317 e. The van der Waals surface area contributed by atoms with Crippen LogP contribution >= 0.6 is 0 Å². The number of halogens is 1. The van der Waals surface area contributed by atoms with Gasteiger partial charge in [-0.1, -0.05) is 13.8 Å². The van der Waals surface area contributed by atoms with Gasteiger partial charge in [0.25, 0.3) is 5.91 Å². The minimum Gasteiger partial charge on any atom is -0.379 e. The quantitative estimate of drug-likeness (QED) is 0.323. The third kappa shape index (κ3) is 6.55. The lowest BCUT2D eigenvalue weighted by molar-refractivity contribution is 0.102. The Morgan fingerprint density at radius 3 is 2.44 bits per heavy atom. The van der Waals surface area contributed by atoms with Crippen LogP contribution in [0.3, 0.4) is 0 Å². The second kappa shape index (κ2) is 11.4. The Labute approximate surface area is 227 Å². The first-order valence-corrected chi connectivity index (χ1v) is 13.6. The number of nitrogens with one attached hydrogen (secondary N) is 4. The molecule has 39 heavy (non-hydrogen) atoms. The molecule has 11 nitrogen and oxygen atoms in total. The molecule has 208 valence electrons. The highest BCUT2D eigenvalue weighted by atomic mass is 19.1. The van der Waals surface area contributed by atoms with E-state index < -0.39 is 11.7 Å². The summed E-state index contributed by atoms with van der Waals surface area (Å²) in [6.45, 7) is 4.91. The Balaban J connectivity index is 1.28. The van der Waals surface area contributed by atoms with E-state index in [2.05, 4.69) is 50.2 Å². The molecule has 0 radical (unpaired) electrons. The van der Waals surface area contributed by atoms with Crippen molar-refractivity contribution in [2.24, 2.45) is 5.92 Å². The number of carbonyl (C=O) groups is 2. The molecule has 0 saturated heterocycles.